The van der Waals surface area contributed by atoms with Gasteiger partial charge in [-0.1, -0.05) is 18.2 Å². The van der Waals surface area contributed by atoms with E-state index in [1.807, 2.05) is 0 Å². The average molecular weight is 289 g/mol. The smallest absolute Gasteiger partial charge is 0.262 e. The van der Waals surface area contributed by atoms with Gasteiger partial charge >= 0.3 is 0 Å². The van der Waals surface area contributed by atoms with Crippen molar-refractivity contribution < 1.29 is 8.42 Å². The van der Waals surface area contributed by atoms with Crippen molar-refractivity contribution in [3.8, 4) is 0 Å². The zero-order valence-electron chi connectivity index (χ0n) is 10.9. The molecule has 0 spiro atoms. The van der Waals surface area contributed by atoms with E-state index in [2.05, 4.69) is 4.72 Å². The predicted octanol–water partition coefficient (Wildman–Crippen LogP) is 2.08. The first-order valence-corrected chi connectivity index (χ1v) is 7.41. The number of rotatable bonds is 4. The third-order valence-corrected chi connectivity index (χ3v) is 4.37. The maximum Gasteiger partial charge on any atom is 0.262 e. The molecule has 2 aromatic rings. The van der Waals surface area contributed by atoms with Crippen molar-refractivity contribution in [1.29, 1.82) is 5.41 Å². The zero-order valence-corrected chi connectivity index (χ0v) is 11.7. The molecule has 2 rings (SSSR count). The second-order valence-electron chi connectivity index (χ2n) is 4.36. The summed E-state index contributed by atoms with van der Waals surface area (Å²) in [5.41, 5.74) is 7.00. The third-order valence-electron chi connectivity index (χ3n) is 2.83. The van der Waals surface area contributed by atoms with Crippen molar-refractivity contribution in [3.05, 3.63) is 59.7 Å². The minimum Gasteiger partial charge on any atom is -0.384 e. The van der Waals surface area contributed by atoms with Gasteiger partial charge in [0.2, 0.25) is 0 Å². The van der Waals surface area contributed by atoms with Crippen LogP contribution in [-0.2, 0) is 10.0 Å². The number of nitrogens with one attached hydrogen (secondary N) is 2. The molecular weight excluding hydrogens is 274 g/mol. The Labute approximate surface area is 118 Å². The fourth-order valence-electron chi connectivity index (χ4n) is 1.79. The molecule has 0 amide bonds. The molecular formula is C14H15N3O2S. The van der Waals surface area contributed by atoms with E-state index in [-0.39, 0.29) is 10.7 Å². The van der Waals surface area contributed by atoms with Crippen molar-refractivity contribution in [2.24, 2.45) is 5.73 Å². The molecule has 2 aromatic carbocycles. The van der Waals surface area contributed by atoms with E-state index in [1.165, 1.54) is 0 Å². The molecule has 20 heavy (non-hydrogen) atoms. The van der Waals surface area contributed by atoms with Crippen LogP contribution in [0, 0.1) is 12.3 Å². The van der Waals surface area contributed by atoms with Crippen LogP contribution >= 0.6 is 0 Å². The highest BCUT2D eigenvalue weighted by Gasteiger charge is 2.16. The molecule has 0 radical (unpaired) electrons. The number of nitrogens with two attached hydrogens (primary N) is 1. The minimum absolute atomic E-state index is 0.0571. The standard InChI is InChI=1S/C14H15N3O2S/c1-10-4-2-3-5-13(10)20(18,19)17-12-8-6-11(7-9-12)14(15)16/h2-9,17H,1H3,(H3,15,16). The topological polar surface area (TPSA) is 96.0 Å². The Bertz CT molecular complexity index is 737. The number of aryl methyl sites for hydroxylation is 1. The van der Waals surface area contributed by atoms with E-state index in [9.17, 15) is 8.42 Å². The average Bonchev–Trinajstić information content (AvgIpc) is 2.39. The van der Waals surface area contributed by atoms with Gasteiger partial charge in [-0.25, -0.2) is 8.42 Å². The largest absolute Gasteiger partial charge is 0.384 e. The third kappa shape index (κ3) is 2.97. The minimum atomic E-state index is -3.61. The van der Waals surface area contributed by atoms with Gasteiger partial charge in [-0.2, -0.15) is 0 Å². The lowest BCUT2D eigenvalue weighted by Gasteiger charge is -2.10. The highest BCUT2D eigenvalue weighted by molar-refractivity contribution is 7.92. The molecule has 0 saturated heterocycles. The quantitative estimate of drug-likeness (QED) is 0.594. The number of benzene rings is 2. The van der Waals surface area contributed by atoms with Crippen molar-refractivity contribution in [3.63, 3.8) is 0 Å². The Morgan fingerprint density at radius 3 is 2.25 bits per heavy atom. The maximum atomic E-state index is 12.3. The van der Waals surface area contributed by atoms with Gasteiger partial charge in [-0.15, -0.1) is 0 Å². The van der Waals surface area contributed by atoms with E-state index < -0.39 is 10.0 Å². The summed E-state index contributed by atoms with van der Waals surface area (Å²) in [6.07, 6.45) is 0. The summed E-state index contributed by atoms with van der Waals surface area (Å²) in [4.78, 5) is 0.246. The van der Waals surface area contributed by atoms with E-state index in [0.29, 0.717) is 16.8 Å². The Hall–Kier alpha value is -2.34. The number of hydrogen-bond donors (Lipinski definition) is 3. The number of hydrogen-bond acceptors (Lipinski definition) is 3. The van der Waals surface area contributed by atoms with Gasteiger partial charge in [0.1, 0.15) is 5.84 Å². The molecule has 4 N–H and O–H groups in total. The molecule has 0 unspecified atom stereocenters. The summed E-state index contributed by atoms with van der Waals surface area (Å²) < 4.78 is 27.0. The molecule has 0 aliphatic heterocycles. The highest BCUT2D eigenvalue weighted by Crippen LogP contribution is 2.19. The summed E-state index contributed by atoms with van der Waals surface area (Å²) in [7, 11) is -3.61. The predicted molar refractivity (Wildman–Crippen MR) is 79.4 cm³/mol. The van der Waals surface area contributed by atoms with Gasteiger partial charge in [0.05, 0.1) is 4.90 Å². The van der Waals surface area contributed by atoms with Crippen LogP contribution in [0.4, 0.5) is 5.69 Å². The normalized spacial score (nSPS) is 11.1. The molecule has 0 saturated carbocycles. The molecule has 0 aliphatic rings. The van der Waals surface area contributed by atoms with Crippen LogP contribution in [0.1, 0.15) is 11.1 Å². The lowest BCUT2D eigenvalue weighted by atomic mass is 10.2. The Kier molecular flexibility index (Phi) is 3.76. The maximum absolute atomic E-state index is 12.3. The summed E-state index contributed by atoms with van der Waals surface area (Å²) in [5.74, 6) is -0.0571. The lowest BCUT2D eigenvalue weighted by Crippen LogP contribution is -2.15. The highest BCUT2D eigenvalue weighted by atomic mass is 32.2. The first-order valence-electron chi connectivity index (χ1n) is 5.93. The van der Waals surface area contributed by atoms with Crippen LogP contribution in [0.5, 0.6) is 0 Å². The molecule has 5 nitrogen and oxygen atoms in total. The number of amidine groups is 1. The molecule has 0 aromatic heterocycles. The Morgan fingerprint density at radius 1 is 1.10 bits per heavy atom. The Balaban J connectivity index is 2.29. The summed E-state index contributed by atoms with van der Waals surface area (Å²) in [6, 6.07) is 13.1. The lowest BCUT2D eigenvalue weighted by molar-refractivity contribution is 0.600. The second-order valence-corrected chi connectivity index (χ2v) is 6.01. The van der Waals surface area contributed by atoms with Crippen molar-refractivity contribution in [2.45, 2.75) is 11.8 Å². The van der Waals surface area contributed by atoms with E-state index in [0.717, 1.165) is 0 Å². The van der Waals surface area contributed by atoms with Crippen molar-refractivity contribution >= 4 is 21.5 Å². The molecule has 104 valence electrons. The van der Waals surface area contributed by atoms with Crippen LogP contribution in [-0.4, -0.2) is 14.3 Å². The molecule has 0 aliphatic carbocycles. The van der Waals surface area contributed by atoms with E-state index >= 15 is 0 Å². The summed E-state index contributed by atoms with van der Waals surface area (Å²) in [6.45, 7) is 1.74. The van der Waals surface area contributed by atoms with Crippen molar-refractivity contribution in [1.82, 2.24) is 0 Å². The number of nitrogen functional groups attached to an aromatic ring is 1. The van der Waals surface area contributed by atoms with Crippen LogP contribution in [0.15, 0.2) is 53.4 Å². The number of sulfonamides is 1. The SMILES string of the molecule is Cc1ccccc1S(=O)(=O)Nc1ccc(C(=N)N)cc1. The second kappa shape index (κ2) is 5.34. The van der Waals surface area contributed by atoms with Crippen LogP contribution < -0.4 is 10.5 Å². The molecule has 6 heteroatoms. The molecule has 0 fully saturated rings. The summed E-state index contributed by atoms with van der Waals surface area (Å²) in [5, 5.41) is 7.29. The van der Waals surface area contributed by atoms with E-state index in [4.69, 9.17) is 11.1 Å². The van der Waals surface area contributed by atoms with Crippen LogP contribution in [0.3, 0.4) is 0 Å². The fraction of sp³-hybridized carbons (Fsp3) is 0.0714. The van der Waals surface area contributed by atoms with E-state index in [1.54, 1.807) is 55.5 Å². The fourth-order valence-corrected chi connectivity index (χ4v) is 3.09. The Morgan fingerprint density at radius 2 is 1.70 bits per heavy atom. The monoisotopic (exact) mass is 289 g/mol. The van der Waals surface area contributed by atoms with Gasteiger partial charge in [0.15, 0.2) is 0 Å². The number of anilines is 1. The molecule has 0 atom stereocenters. The van der Waals surface area contributed by atoms with Crippen molar-refractivity contribution in [2.75, 3.05) is 4.72 Å². The first-order chi connectivity index (χ1) is 9.40. The van der Waals surface area contributed by atoms with Gasteiger partial charge in [0.25, 0.3) is 10.0 Å². The van der Waals surface area contributed by atoms with Crippen LogP contribution in [0.2, 0.25) is 0 Å². The van der Waals surface area contributed by atoms with Gasteiger partial charge < -0.3 is 5.73 Å². The van der Waals surface area contributed by atoms with Gasteiger partial charge in [-0.05, 0) is 42.8 Å². The van der Waals surface area contributed by atoms with Gasteiger partial charge in [-0.3, -0.25) is 10.1 Å². The first kappa shape index (κ1) is 14.1. The summed E-state index contributed by atoms with van der Waals surface area (Å²) >= 11 is 0. The zero-order chi connectivity index (χ0) is 14.8. The van der Waals surface area contributed by atoms with Crippen LogP contribution in [0.25, 0.3) is 0 Å². The molecule has 0 heterocycles. The van der Waals surface area contributed by atoms with Gasteiger partial charge in [0, 0.05) is 11.3 Å². The molecule has 0 bridgehead atoms.